The summed E-state index contributed by atoms with van der Waals surface area (Å²) in [4.78, 5) is 9.61. The van der Waals surface area contributed by atoms with E-state index in [9.17, 15) is 10.1 Å². The summed E-state index contributed by atoms with van der Waals surface area (Å²) in [7, 11) is 1.81. The molecule has 1 aliphatic rings. The number of nitrogens with zero attached hydrogens (tertiary/aromatic N) is 3. The van der Waals surface area contributed by atoms with Crippen LogP contribution in [0.15, 0.2) is 29.4 Å². The lowest BCUT2D eigenvalue weighted by molar-refractivity contribution is -0.384. The normalized spacial score (nSPS) is 19.2. The predicted octanol–water partition coefficient (Wildman–Crippen LogP) is 2.81. The monoisotopic (exact) mass is 287 g/mol. The van der Waals surface area contributed by atoms with Crippen molar-refractivity contribution in [3.8, 4) is 0 Å². The summed E-state index contributed by atoms with van der Waals surface area (Å²) in [5.74, 6) is 0. The number of nitro benzene ring substituents is 1. The topological polar surface area (TPSA) is 58.7 Å². The van der Waals surface area contributed by atoms with E-state index >= 15 is 0 Å². The summed E-state index contributed by atoms with van der Waals surface area (Å²) in [5, 5.41) is 16.6. The largest absolute Gasteiger partial charge is 0.294 e. The fourth-order valence-electron chi connectivity index (χ4n) is 1.84. The summed E-state index contributed by atoms with van der Waals surface area (Å²) in [6.07, 6.45) is 0.631. The van der Waals surface area contributed by atoms with Gasteiger partial charge in [0.2, 0.25) is 0 Å². The van der Waals surface area contributed by atoms with Gasteiger partial charge in [-0.25, -0.2) is 0 Å². The van der Waals surface area contributed by atoms with E-state index in [1.807, 2.05) is 0 Å². The minimum absolute atomic E-state index is 0.0569. The van der Waals surface area contributed by atoms with Gasteiger partial charge < -0.3 is 0 Å². The number of hydrazone groups is 1. The van der Waals surface area contributed by atoms with Crippen LogP contribution < -0.4 is 0 Å². The van der Waals surface area contributed by atoms with Crippen molar-refractivity contribution in [2.45, 2.75) is 17.3 Å². The minimum atomic E-state index is -0.519. The highest BCUT2D eigenvalue weighted by Crippen LogP contribution is 2.26. The highest BCUT2D eigenvalue weighted by Gasteiger charge is 2.29. The SMILES string of the molecule is CN1N=C(c2ccc([N+](=O)[O-])cc2)CC1C(Cl)Cl. The average Bonchev–Trinajstić information content (AvgIpc) is 2.71. The second-order valence-corrected chi connectivity index (χ2v) is 5.19. The van der Waals surface area contributed by atoms with Crippen LogP contribution in [0.2, 0.25) is 0 Å². The zero-order valence-electron chi connectivity index (χ0n) is 9.59. The quantitative estimate of drug-likeness (QED) is 0.488. The van der Waals surface area contributed by atoms with Crippen molar-refractivity contribution in [2.75, 3.05) is 7.05 Å². The van der Waals surface area contributed by atoms with E-state index in [2.05, 4.69) is 5.10 Å². The molecule has 0 amide bonds. The van der Waals surface area contributed by atoms with Crippen LogP contribution in [0, 0.1) is 10.1 Å². The van der Waals surface area contributed by atoms with Crippen LogP contribution in [0.3, 0.4) is 0 Å². The molecule has 7 heteroatoms. The van der Waals surface area contributed by atoms with E-state index < -0.39 is 9.76 Å². The van der Waals surface area contributed by atoms with Crippen molar-refractivity contribution in [3.63, 3.8) is 0 Å². The fraction of sp³-hybridized carbons (Fsp3) is 0.364. The number of nitro groups is 1. The van der Waals surface area contributed by atoms with Crippen LogP contribution in [0.1, 0.15) is 12.0 Å². The maximum atomic E-state index is 10.6. The van der Waals surface area contributed by atoms with Crippen molar-refractivity contribution < 1.29 is 4.92 Å². The molecular formula is C11H11Cl2N3O2. The number of alkyl halides is 2. The first-order valence-electron chi connectivity index (χ1n) is 5.32. The zero-order valence-corrected chi connectivity index (χ0v) is 11.1. The Bertz CT molecular complexity index is 488. The van der Waals surface area contributed by atoms with Gasteiger partial charge in [-0.2, -0.15) is 5.10 Å². The molecule has 0 N–H and O–H groups in total. The predicted molar refractivity (Wildman–Crippen MR) is 71.3 cm³/mol. The third-order valence-corrected chi connectivity index (χ3v) is 3.44. The molecule has 0 saturated carbocycles. The van der Waals surface area contributed by atoms with Gasteiger partial charge in [0.05, 0.1) is 16.7 Å². The van der Waals surface area contributed by atoms with Crippen molar-refractivity contribution >= 4 is 34.6 Å². The number of hydrogen-bond donors (Lipinski definition) is 0. The van der Waals surface area contributed by atoms with Crippen LogP contribution in [0.4, 0.5) is 5.69 Å². The van der Waals surface area contributed by atoms with Gasteiger partial charge in [0.15, 0.2) is 0 Å². The Hall–Kier alpha value is -1.33. The van der Waals surface area contributed by atoms with Gasteiger partial charge in [-0.05, 0) is 17.7 Å². The first-order valence-corrected chi connectivity index (χ1v) is 6.19. The minimum Gasteiger partial charge on any atom is -0.294 e. The molecule has 2 rings (SSSR count). The standard InChI is InChI=1S/C11H11Cl2N3O2/c1-15-10(11(12)13)6-9(14-15)7-2-4-8(5-3-7)16(17)18/h2-5,10-11H,6H2,1H3. The molecule has 0 fully saturated rings. The number of benzene rings is 1. The number of non-ortho nitro benzene ring substituents is 1. The molecule has 5 nitrogen and oxygen atoms in total. The van der Waals surface area contributed by atoms with Gasteiger partial charge in [0.25, 0.3) is 5.69 Å². The molecule has 1 aromatic carbocycles. The van der Waals surface area contributed by atoms with Gasteiger partial charge in [0.1, 0.15) is 4.84 Å². The van der Waals surface area contributed by atoms with Crippen LogP contribution >= 0.6 is 23.2 Å². The molecule has 0 radical (unpaired) electrons. The molecule has 1 atom stereocenters. The first kappa shape index (κ1) is 13.1. The van der Waals surface area contributed by atoms with Crippen LogP contribution in [0.25, 0.3) is 0 Å². The molecule has 0 bridgehead atoms. The van der Waals surface area contributed by atoms with Gasteiger partial charge in [0, 0.05) is 25.6 Å². The third-order valence-electron chi connectivity index (χ3n) is 2.86. The molecule has 1 aromatic rings. The van der Waals surface area contributed by atoms with E-state index in [0.717, 1.165) is 11.3 Å². The van der Waals surface area contributed by atoms with Gasteiger partial charge >= 0.3 is 0 Å². The fourth-order valence-corrected chi connectivity index (χ4v) is 2.34. The van der Waals surface area contributed by atoms with E-state index in [4.69, 9.17) is 23.2 Å². The summed E-state index contributed by atoms with van der Waals surface area (Å²) in [6, 6.07) is 6.24. The molecule has 0 aromatic heterocycles. The molecular weight excluding hydrogens is 277 g/mol. The molecule has 0 saturated heterocycles. The number of halogens is 2. The first-order chi connectivity index (χ1) is 8.49. The van der Waals surface area contributed by atoms with Gasteiger partial charge in [-0.3, -0.25) is 15.1 Å². The highest BCUT2D eigenvalue weighted by atomic mass is 35.5. The van der Waals surface area contributed by atoms with Crippen molar-refractivity contribution in [2.24, 2.45) is 5.10 Å². The Labute approximate surface area is 114 Å². The van der Waals surface area contributed by atoms with Crippen molar-refractivity contribution in [1.82, 2.24) is 5.01 Å². The van der Waals surface area contributed by atoms with Crippen molar-refractivity contribution in [1.29, 1.82) is 0 Å². The van der Waals surface area contributed by atoms with Gasteiger partial charge in [-0.1, -0.05) is 0 Å². The smallest absolute Gasteiger partial charge is 0.269 e. The number of rotatable bonds is 3. The lowest BCUT2D eigenvalue weighted by atomic mass is 10.0. The van der Waals surface area contributed by atoms with Crippen LogP contribution in [-0.2, 0) is 0 Å². The Kier molecular flexibility index (Phi) is 3.73. The van der Waals surface area contributed by atoms with E-state index in [1.165, 1.54) is 12.1 Å². The van der Waals surface area contributed by atoms with Crippen LogP contribution in [-0.4, -0.2) is 33.6 Å². The summed E-state index contributed by atoms with van der Waals surface area (Å²) >= 11 is 11.7. The Morgan fingerprint density at radius 1 is 1.44 bits per heavy atom. The molecule has 96 valence electrons. The average molecular weight is 288 g/mol. The highest BCUT2D eigenvalue weighted by molar-refractivity contribution is 6.45. The Morgan fingerprint density at radius 2 is 2.06 bits per heavy atom. The molecule has 1 unspecified atom stereocenters. The van der Waals surface area contributed by atoms with Crippen molar-refractivity contribution in [3.05, 3.63) is 39.9 Å². The third kappa shape index (κ3) is 2.57. The Balaban J connectivity index is 2.18. The number of hydrogen-bond acceptors (Lipinski definition) is 4. The zero-order chi connectivity index (χ0) is 13.3. The maximum absolute atomic E-state index is 10.6. The summed E-state index contributed by atoms with van der Waals surface area (Å²) in [5.41, 5.74) is 1.75. The molecule has 1 heterocycles. The maximum Gasteiger partial charge on any atom is 0.269 e. The molecule has 0 spiro atoms. The van der Waals surface area contributed by atoms with E-state index in [0.29, 0.717) is 6.42 Å². The molecule has 18 heavy (non-hydrogen) atoms. The van der Waals surface area contributed by atoms with E-state index in [-0.39, 0.29) is 11.7 Å². The second kappa shape index (κ2) is 5.12. The van der Waals surface area contributed by atoms with Gasteiger partial charge in [-0.15, -0.1) is 23.2 Å². The summed E-state index contributed by atoms with van der Waals surface area (Å²) < 4.78 is 0. The lowest BCUT2D eigenvalue weighted by Gasteiger charge is -2.18. The molecule has 1 aliphatic heterocycles. The molecule has 0 aliphatic carbocycles. The second-order valence-electron chi connectivity index (χ2n) is 4.03. The van der Waals surface area contributed by atoms with E-state index in [1.54, 1.807) is 24.2 Å². The van der Waals surface area contributed by atoms with Crippen LogP contribution in [0.5, 0.6) is 0 Å². The Morgan fingerprint density at radius 3 is 2.50 bits per heavy atom. The summed E-state index contributed by atoms with van der Waals surface area (Å²) in [6.45, 7) is 0. The lowest BCUT2D eigenvalue weighted by Crippen LogP contribution is -2.28.